The lowest BCUT2D eigenvalue weighted by Gasteiger charge is -2.20. The van der Waals surface area contributed by atoms with Gasteiger partial charge in [-0.15, -0.1) is 0 Å². The molecule has 1 aliphatic rings. The largest absolute Gasteiger partial charge is 0.473 e. The molecule has 0 amide bonds. The van der Waals surface area contributed by atoms with Crippen LogP contribution in [0.15, 0.2) is 0 Å². The van der Waals surface area contributed by atoms with Crippen LogP contribution in [-0.2, 0) is 14.3 Å². The van der Waals surface area contributed by atoms with Crippen molar-refractivity contribution < 1.29 is 19.4 Å². The Kier molecular flexibility index (Phi) is 5.06. The van der Waals surface area contributed by atoms with Gasteiger partial charge in [-0.05, 0) is 25.7 Å². The van der Waals surface area contributed by atoms with Gasteiger partial charge in [0.25, 0.3) is 0 Å². The van der Waals surface area contributed by atoms with E-state index in [1.54, 1.807) is 0 Å². The van der Waals surface area contributed by atoms with Crippen molar-refractivity contribution in [3.63, 3.8) is 0 Å². The number of ether oxygens (including phenoxy) is 1. The molecule has 4 N–H and O–H groups in total. The Hall–Kier alpha value is -1.10. The highest BCUT2D eigenvalue weighted by Gasteiger charge is 2.21. The van der Waals surface area contributed by atoms with E-state index in [0.717, 1.165) is 32.1 Å². The lowest BCUT2D eigenvalue weighted by molar-refractivity contribution is -0.168. The van der Waals surface area contributed by atoms with Gasteiger partial charge in [0, 0.05) is 0 Å². The Balaban J connectivity index is 0.00000144. The van der Waals surface area contributed by atoms with E-state index in [0.29, 0.717) is 0 Å². The van der Waals surface area contributed by atoms with Crippen LogP contribution in [0.2, 0.25) is 0 Å². The molecule has 0 atom stereocenters. The minimum Gasteiger partial charge on any atom is -0.473 e. The fourth-order valence-electron chi connectivity index (χ4n) is 1.38. The Labute approximate surface area is 76.7 Å². The summed E-state index contributed by atoms with van der Waals surface area (Å²) in [6, 6.07) is 0. The number of hydrogen-bond donors (Lipinski definition) is 2. The van der Waals surface area contributed by atoms with E-state index in [9.17, 15) is 9.59 Å². The lowest BCUT2D eigenvalue weighted by Crippen LogP contribution is -2.25. The SMILES string of the molecule is N.O=C(O)C(=O)OC1CCCCC1. The van der Waals surface area contributed by atoms with Crippen molar-refractivity contribution in [3.8, 4) is 0 Å². The fraction of sp³-hybridized carbons (Fsp3) is 0.750. The summed E-state index contributed by atoms with van der Waals surface area (Å²) in [6.07, 6.45) is 4.65. The van der Waals surface area contributed by atoms with Crippen molar-refractivity contribution >= 4 is 11.9 Å². The molecule has 0 spiro atoms. The van der Waals surface area contributed by atoms with Gasteiger partial charge in [0.15, 0.2) is 0 Å². The Morgan fingerprint density at radius 3 is 2.15 bits per heavy atom. The summed E-state index contributed by atoms with van der Waals surface area (Å²) in [7, 11) is 0. The molecule has 0 aromatic carbocycles. The number of aliphatic carboxylic acids is 1. The van der Waals surface area contributed by atoms with Crippen LogP contribution in [0, 0.1) is 0 Å². The summed E-state index contributed by atoms with van der Waals surface area (Å²) in [5.74, 6) is -2.62. The van der Waals surface area contributed by atoms with E-state index in [2.05, 4.69) is 0 Å². The topological polar surface area (TPSA) is 98.6 Å². The van der Waals surface area contributed by atoms with Crippen LogP contribution < -0.4 is 6.15 Å². The molecule has 0 bridgehead atoms. The lowest BCUT2D eigenvalue weighted by atomic mass is 9.98. The first-order valence-corrected chi connectivity index (χ1v) is 4.14. The van der Waals surface area contributed by atoms with Crippen LogP contribution in [0.25, 0.3) is 0 Å². The molecule has 0 aromatic heterocycles. The van der Waals surface area contributed by atoms with E-state index < -0.39 is 11.9 Å². The minimum atomic E-state index is -1.50. The van der Waals surface area contributed by atoms with Crippen LogP contribution in [0.1, 0.15) is 32.1 Å². The monoisotopic (exact) mass is 189 g/mol. The van der Waals surface area contributed by atoms with E-state index >= 15 is 0 Å². The van der Waals surface area contributed by atoms with Crippen LogP contribution in [0.5, 0.6) is 0 Å². The summed E-state index contributed by atoms with van der Waals surface area (Å²) < 4.78 is 4.71. The molecule has 0 unspecified atom stereocenters. The summed E-state index contributed by atoms with van der Waals surface area (Å²) in [6.45, 7) is 0. The van der Waals surface area contributed by atoms with Crippen molar-refractivity contribution in [1.29, 1.82) is 0 Å². The molecule has 5 nitrogen and oxygen atoms in total. The number of hydrogen-bond acceptors (Lipinski definition) is 4. The highest BCUT2D eigenvalue weighted by atomic mass is 16.6. The zero-order valence-corrected chi connectivity index (χ0v) is 7.49. The maximum absolute atomic E-state index is 10.6. The molecular weight excluding hydrogens is 174 g/mol. The third-order valence-corrected chi connectivity index (χ3v) is 2.00. The Bertz CT molecular complexity index is 187. The number of carbonyl (C=O) groups excluding carboxylic acids is 1. The molecule has 0 aliphatic heterocycles. The molecule has 1 rings (SSSR count). The van der Waals surface area contributed by atoms with Crippen molar-refractivity contribution in [2.24, 2.45) is 0 Å². The van der Waals surface area contributed by atoms with Gasteiger partial charge in [-0.2, -0.15) is 0 Å². The predicted molar refractivity (Wildman–Crippen MR) is 45.6 cm³/mol. The zero-order valence-electron chi connectivity index (χ0n) is 7.49. The Morgan fingerprint density at radius 1 is 1.15 bits per heavy atom. The van der Waals surface area contributed by atoms with Crippen molar-refractivity contribution in [1.82, 2.24) is 6.15 Å². The standard InChI is InChI=1S/C8H12O4.H3N/c9-7(10)8(11)12-6-4-2-1-3-5-6;/h6H,1-5H2,(H,9,10);1H3. The van der Waals surface area contributed by atoms with Crippen LogP contribution in [0.4, 0.5) is 0 Å². The average Bonchev–Trinajstić information content (AvgIpc) is 2.06. The zero-order chi connectivity index (χ0) is 8.97. The average molecular weight is 189 g/mol. The van der Waals surface area contributed by atoms with Gasteiger partial charge in [-0.25, -0.2) is 9.59 Å². The van der Waals surface area contributed by atoms with E-state index in [1.165, 1.54) is 0 Å². The van der Waals surface area contributed by atoms with E-state index in [-0.39, 0.29) is 12.3 Å². The molecular formula is C8H15NO4. The highest BCUT2D eigenvalue weighted by molar-refractivity contribution is 6.28. The summed E-state index contributed by atoms with van der Waals surface area (Å²) in [5.41, 5.74) is 0. The van der Waals surface area contributed by atoms with Crippen molar-refractivity contribution in [2.45, 2.75) is 38.2 Å². The normalized spacial score (nSPS) is 17.2. The summed E-state index contributed by atoms with van der Waals surface area (Å²) >= 11 is 0. The Morgan fingerprint density at radius 2 is 1.69 bits per heavy atom. The van der Waals surface area contributed by atoms with Crippen LogP contribution in [-0.4, -0.2) is 23.1 Å². The molecule has 1 saturated carbocycles. The second kappa shape index (κ2) is 5.53. The quantitative estimate of drug-likeness (QED) is 0.475. The first-order chi connectivity index (χ1) is 5.70. The number of carboxylic acids is 1. The van der Waals surface area contributed by atoms with Gasteiger partial charge in [0.1, 0.15) is 6.10 Å². The second-order valence-corrected chi connectivity index (χ2v) is 2.97. The van der Waals surface area contributed by atoms with Crippen molar-refractivity contribution in [2.75, 3.05) is 0 Å². The molecule has 5 heteroatoms. The van der Waals surface area contributed by atoms with Gasteiger partial charge in [0.2, 0.25) is 0 Å². The van der Waals surface area contributed by atoms with Gasteiger partial charge in [-0.3, -0.25) is 0 Å². The molecule has 0 heterocycles. The van der Waals surface area contributed by atoms with Gasteiger partial charge >= 0.3 is 11.9 Å². The number of carboxylic acid groups (broad SMARTS) is 1. The maximum Gasteiger partial charge on any atom is 0.417 e. The second-order valence-electron chi connectivity index (χ2n) is 2.97. The smallest absolute Gasteiger partial charge is 0.417 e. The molecule has 0 saturated heterocycles. The van der Waals surface area contributed by atoms with Crippen molar-refractivity contribution in [3.05, 3.63) is 0 Å². The van der Waals surface area contributed by atoms with Crippen LogP contribution >= 0.6 is 0 Å². The predicted octanol–water partition coefficient (Wildman–Crippen LogP) is 1.11. The maximum atomic E-state index is 10.6. The molecule has 1 aliphatic carbocycles. The molecule has 0 aromatic rings. The highest BCUT2D eigenvalue weighted by Crippen LogP contribution is 2.20. The first kappa shape index (κ1) is 11.9. The summed E-state index contributed by atoms with van der Waals surface area (Å²) in [5, 5.41) is 8.24. The third kappa shape index (κ3) is 3.89. The number of rotatable bonds is 1. The molecule has 1 fully saturated rings. The van der Waals surface area contributed by atoms with Gasteiger partial charge in [0.05, 0.1) is 0 Å². The van der Waals surface area contributed by atoms with E-state index in [1.807, 2.05) is 0 Å². The summed E-state index contributed by atoms with van der Waals surface area (Å²) in [4.78, 5) is 20.7. The fourth-order valence-corrected chi connectivity index (χ4v) is 1.38. The molecule has 0 radical (unpaired) electrons. The van der Waals surface area contributed by atoms with E-state index in [4.69, 9.17) is 9.84 Å². The minimum absolute atomic E-state index is 0. The third-order valence-electron chi connectivity index (χ3n) is 2.00. The molecule has 13 heavy (non-hydrogen) atoms. The van der Waals surface area contributed by atoms with Crippen LogP contribution in [0.3, 0.4) is 0 Å². The number of carbonyl (C=O) groups is 2. The van der Waals surface area contributed by atoms with Gasteiger partial charge in [-0.1, -0.05) is 6.42 Å². The first-order valence-electron chi connectivity index (χ1n) is 4.14. The molecule has 76 valence electrons. The van der Waals surface area contributed by atoms with Gasteiger partial charge < -0.3 is 16.0 Å². The number of esters is 1.